The molecule has 0 unspecified atom stereocenters. The summed E-state index contributed by atoms with van der Waals surface area (Å²) in [6, 6.07) is 8.05. The molecule has 1 amide bonds. The van der Waals surface area contributed by atoms with Crippen molar-refractivity contribution in [1.29, 1.82) is 0 Å². The Morgan fingerprint density at radius 1 is 1.10 bits per heavy atom. The second-order valence-corrected chi connectivity index (χ2v) is 5.81. The van der Waals surface area contributed by atoms with Crippen LogP contribution in [-0.4, -0.2) is 47.0 Å². The van der Waals surface area contributed by atoms with Gasteiger partial charge in [0.25, 0.3) is 0 Å². The van der Waals surface area contributed by atoms with Crippen molar-refractivity contribution in [2.24, 2.45) is 5.92 Å². The first-order chi connectivity index (χ1) is 10.3. The Kier molecular flexibility index (Phi) is 2.98. The molecule has 0 N–H and O–H groups in total. The molecule has 1 saturated heterocycles. The van der Waals surface area contributed by atoms with Gasteiger partial charge in [0.2, 0.25) is 5.91 Å². The molecule has 108 valence electrons. The van der Waals surface area contributed by atoms with Gasteiger partial charge in [0.1, 0.15) is 5.82 Å². The summed E-state index contributed by atoms with van der Waals surface area (Å²) in [6.07, 6.45) is 3.93. The topological polar surface area (TPSA) is 49.3 Å². The zero-order valence-corrected chi connectivity index (χ0v) is 11.9. The Bertz CT molecular complexity index is 675. The number of hydrogen-bond acceptors (Lipinski definition) is 4. The van der Waals surface area contributed by atoms with Crippen molar-refractivity contribution in [3.8, 4) is 0 Å². The van der Waals surface area contributed by atoms with Crippen LogP contribution in [0.5, 0.6) is 0 Å². The van der Waals surface area contributed by atoms with Crippen LogP contribution in [0.4, 0.5) is 5.82 Å². The molecule has 5 nitrogen and oxygen atoms in total. The highest BCUT2D eigenvalue weighted by Crippen LogP contribution is 2.31. The standard InChI is InChI=1S/C16H18N4O/c21-16(13-3-4-13)20-10-8-19(9-11-20)14-6-5-12-2-1-7-17-15(12)18-14/h1-2,5-7,13H,3-4,8-11H2. The predicted octanol–water partition coefficient (Wildman–Crippen LogP) is 1.69. The first-order valence-electron chi connectivity index (χ1n) is 7.57. The molecule has 1 saturated carbocycles. The van der Waals surface area contributed by atoms with Crippen LogP contribution in [-0.2, 0) is 4.79 Å². The van der Waals surface area contributed by atoms with E-state index in [9.17, 15) is 4.79 Å². The van der Waals surface area contributed by atoms with Crippen molar-refractivity contribution in [2.75, 3.05) is 31.1 Å². The number of anilines is 1. The number of carbonyl (C=O) groups excluding carboxylic acids is 1. The first kappa shape index (κ1) is 12.6. The molecule has 0 bridgehead atoms. The Balaban J connectivity index is 1.48. The Morgan fingerprint density at radius 2 is 1.90 bits per heavy atom. The maximum atomic E-state index is 12.1. The lowest BCUT2D eigenvalue weighted by molar-refractivity contribution is -0.132. The molecule has 21 heavy (non-hydrogen) atoms. The number of nitrogens with zero attached hydrogens (tertiary/aromatic N) is 4. The van der Waals surface area contributed by atoms with E-state index in [0.717, 1.165) is 55.9 Å². The Labute approximate surface area is 123 Å². The lowest BCUT2D eigenvalue weighted by Crippen LogP contribution is -2.49. The first-order valence-corrected chi connectivity index (χ1v) is 7.57. The minimum atomic E-state index is 0.319. The van der Waals surface area contributed by atoms with Crippen LogP contribution >= 0.6 is 0 Å². The van der Waals surface area contributed by atoms with E-state index in [1.165, 1.54) is 0 Å². The number of amides is 1. The molecule has 2 fully saturated rings. The minimum absolute atomic E-state index is 0.319. The molecule has 1 aliphatic carbocycles. The van der Waals surface area contributed by atoms with Crippen LogP contribution in [0, 0.1) is 5.92 Å². The molecule has 0 atom stereocenters. The van der Waals surface area contributed by atoms with E-state index < -0.39 is 0 Å². The molecule has 0 spiro atoms. The fourth-order valence-corrected chi connectivity index (χ4v) is 2.86. The van der Waals surface area contributed by atoms with Gasteiger partial charge in [0, 0.05) is 43.7 Å². The average Bonchev–Trinajstić information content (AvgIpc) is 3.39. The molecule has 2 aliphatic rings. The van der Waals surface area contributed by atoms with E-state index in [-0.39, 0.29) is 0 Å². The van der Waals surface area contributed by atoms with E-state index in [1.54, 1.807) is 6.20 Å². The van der Waals surface area contributed by atoms with Crippen LogP contribution < -0.4 is 4.90 Å². The fraction of sp³-hybridized carbons (Fsp3) is 0.438. The number of rotatable bonds is 2. The largest absolute Gasteiger partial charge is 0.353 e. The molecule has 2 aromatic rings. The Morgan fingerprint density at radius 3 is 2.67 bits per heavy atom. The van der Waals surface area contributed by atoms with E-state index in [1.807, 2.05) is 23.1 Å². The molecular formula is C16H18N4O. The number of pyridine rings is 2. The molecule has 0 aromatic carbocycles. The smallest absolute Gasteiger partial charge is 0.225 e. The summed E-state index contributed by atoms with van der Waals surface area (Å²) in [5, 5.41) is 1.06. The molecule has 3 heterocycles. The van der Waals surface area contributed by atoms with E-state index in [2.05, 4.69) is 20.9 Å². The number of hydrogen-bond donors (Lipinski definition) is 0. The van der Waals surface area contributed by atoms with Crippen LogP contribution in [0.2, 0.25) is 0 Å². The van der Waals surface area contributed by atoms with E-state index in [0.29, 0.717) is 11.8 Å². The van der Waals surface area contributed by atoms with E-state index >= 15 is 0 Å². The summed E-state index contributed by atoms with van der Waals surface area (Å²) in [5.74, 6) is 1.63. The molecular weight excluding hydrogens is 264 g/mol. The molecule has 2 aromatic heterocycles. The second-order valence-electron chi connectivity index (χ2n) is 5.81. The van der Waals surface area contributed by atoms with E-state index in [4.69, 9.17) is 0 Å². The monoisotopic (exact) mass is 282 g/mol. The summed E-state index contributed by atoms with van der Waals surface area (Å²) in [4.78, 5) is 25.2. The van der Waals surface area contributed by atoms with Crippen LogP contribution in [0.25, 0.3) is 11.0 Å². The van der Waals surface area contributed by atoms with Gasteiger partial charge in [0.05, 0.1) is 0 Å². The van der Waals surface area contributed by atoms with Gasteiger partial charge in [-0.25, -0.2) is 9.97 Å². The normalized spacial score (nSPS) is 19.0. The lowest BCUT2D eigenvalue weighted by atomic mass is 10.2. The van der Waals surface area contributed by atoms with Gasteiger partial charge in [-0.2, -0.15) is 0 Å². The lowest BCUT2D eigenvalue weighted by Gasteiger charge is -2.35. The van der Waals surface area contributed by atoms with Gasteiger partial charge in [-0.1, -0.05) is 0 Å². The SMILES string of the molecule is O=C(C1CC1)N1CCN(c2ccc3cccnc3n2)CC1. The summed E-state index contributed by atoms with van der Waals surface area (Å²) >= 11 is 0. The van der Waals surface area contributed by atoms with Crippen molar-refractivity contribution in [3.05, 3.63) is 30.5 Å². The summed E-state index contributed by atoms with van der Waals surface area (Å²) < 4.78 is 0. The average molecular weight is 282 g/mol. The third-order valence-electron chi connectivity index (χ3n) is 4.29. The third kappa shape index (κ3) is 2.44. The summed E-state index contributed by atoms with van der Waals surface area (Å²) in [7, 11) is 0. The number of aromatic nitrogens is 2. The maximum Gasteiger partial charge on any atom is 0.225 e. The fourth-order valence-electron chi connectivity index (χ4n) is 2.86. The van der Waals surface area contributed by atoms with Gasteiger partial charge in [0.15, 0.2) is 5.65 Å². The summed E-state index contributed by atoms with van der Waals surface area (Å²) in [5.41, 5.74) is 0.784. The maximum absolute atomic E-state index is 12.1. The highest BCUT2D eigenvalue weighted by Gasteiger charge is 2.34. The zero-order valence-electron chi connectivity index (χ0n) is 11.9. The van der Waals surface area contributed by atoms with Crippen molar-refractivity contribution >= 4 is 22.8 Å². The van der Waals surface area contributed by atoms with Gasteiger partial charge >= 0.3 is 0 Å². The number of carbonyl (C=O) groups is 1. The summed E-state index contributed by atoms with van der Waals surface area (Å²) in [6.45, 7) is 3.31. The quantitative estimate of drug-likeness (QED) is 0.841. The van der Waals surface area contributed by atoms with Crippen LogP contribution in [0.3, 0.4) is 0 Å². The molecule has 0 radical (unpaired) electrons. The van der Waals surface area contributed by atoms with Gasteiger partial charge in [-0.05, 0) is 37.1 Å². The highest BCUT2D eigenvalue weighted by molar-refractivity contribution is 5.81. The Hall–Kier alpha value is -2.17. The van der Waals surface area contributed by atoms with Crippen LogP contribution in [0.1, 0.15) is 12.8 Å². The minimum Gasteiger partial charge on any atom is -0.353 e. The highest BCUT2D eigenvalue weighted by atomic mass is 16.2. The molecule has 5 heteroatoms. The van der Waals surface area contributed by atoms with Crippen LogP contribution in [0.15, 0.2) is 30.5 Å². The van der Waals surface area contributed by atoms with Gasteiger partial charge in [-0.15, -0.1) is 0 Å². The van der Waals surface area contributed by atoms with Crippen molar-refractivity contribution in [1.82, 2.24) is 14.9 Å². The molecule has 1 aliphatic heterocycles. The van der Waals surface area contributed by atoms with Crippen molar-refractivity contribution < 1.29 is 4.79 Å². The number of fused-ring (bicyclic) bond motifs is 1. The molecule has 4 rings (SSSR count). The van der Waals surface area contributed by atoms with Crippen molar-refractivity contribution in [3.63, 3.8) is 0 Å². The second kappa shape index (κ2) is 4.98. The number of piperazine rings is 1. The van der Waals surface area contributed by atoms with Gasteiger partial charge in [-0.3, -0.25) is 4.79 Å². The third-order valence-corrected chi connectivity index (χ3v) is 4.29. The van der Waals surface area contributed by atoms with Gasteiger partial charge < -0.3 is 9.80 Å². The zero-order chi connectivity index (χ0) is 14.2. The van der Waals surface area contributed by atoms with Crippen molar-refractivity contribution in [2.45, 2.75) is 12.8 Å². The predicted molar refractivity (Wildman–Crippen MR) is 81.1 cm³/mol.